The maximum atomic E-state index is 13.7. The molecule has 2 aromatic heterocycles. The Balaban J connectivity index is 1.24. The van der Waals surface area contributed by atoms with E-state index in [0.29, 0.717) is 42.3 Å². The molecule has 4 saturated carbocycles. The Morgan fingerprint density at radius 2 is 1.79 bits per heavy atom. The summed E-state index contributed by atoms with van der Waals surface area (Å²) in [7, 11) is 0. The van der Waals surface area contributed by atoms with E-state index in [1.165, 1.54) is 4.57 Å². The highest BCUT2D eigenvalue weighted by atomic mass is 16.4. The van der Waals surface area contributed by atoms with Crippen LogP contribution in [-0.4, -0.2) is 21.4 Å². The van der Waals surface area contributed by atoms with Crippen molar-refractivity contribution >= 4 is 33.6 Å². The Morgan fingerprint density at radius 1 is 1.03 bits per heavy atom. The van der Waals surface area contributed by atoms with E-state index in [0.717, 1.165) is 23.6 Å². The van der Waals surface area contributed by atoms with Crippen LogP contribution in [0.1, 0.15) is 57.4 Å². The Labute approximate surface area is 193 Å². The Bertz CT molecular complexity index is 1500. The molecule has 0 unspecified atom stereocenters. The molecule has 5 nitrogen and oxygen atoms in total. The summed E-state index contributed by atoms with van der Waals surface area (Å²) in [6, 6.07) is 16.5. The van der Waals surface area contributed by atoms with Gasteiger partial charge in [0.15, 0.2) is 5.78 Å². The van der Waals surface area contributed by atoms with Crippen LogP contribution in [0.25, 0.3) is 21.9 Å². The maximum absolute atomic E-state index is 13.7. The number of nitrogens with zero attached hydrogens (tertiary/aromatic N) is 1. The molecule has 0 radical (unpaired) electrons. The fourth-order valence-electron chi connectivity index (χ4n) is 6.69. The number of carboxylic acid groups (broad SMARTS) is 1. The number of rotatable bonds is 7. The van der Waals surface area contributed by atoms with Gasteiger partial charge < -0.3 is 14.1 Å². The van der Waals surface area contributed by atoms with Gasteiger partial charge in [0.1, 0.15) is 11.3 Å². The molecule has 2 bridgehead atoms. The van der Waals surface area contributed by atoms with Crippen LogP contribution in [-0.2, 0) is 11.3 Å². The molecule has 4 aromatic rings. The SMILES string of the molecule is [2H]C([2H])(c1cc2ccccc2o1)n1ccc2cccc(C(=O)CC3(C45CC(C(=O)O)(C4)C5)CC3)c21. The molecule has 0 aliphatic heterocycles. The first-order valence-electron chi connectivity index (χ1n) is 12.6. The topological polar surface area (TPSA) is 72.4 Å². The lowest BCUT2D eigenvalue weighted by Crippen LogP contribution is -2.69. The molecule has 1 N–H and O–H groups in total. The monoisotopic (exact) mass is 441 g/mol. The molecular weight excluding hydrogens is 414 g/mol. The van der Waals surface area contributed by atoms with Crippen molar-refractivity contribution in [1.29, 1.82) is 0 Å². The minimum absolute atomic E-state index is 0.000179. The molecule has 0 atom stereocenters. The number of benzene rings is 2. The quantitative estimate of drug-likeness (QED) is 0.355. The lowest BCUT2D eigenvalue weighted by molar-refractivity contribution is -0.248. The van der Waals surface area contributed by atoms with Gasteiger partial charge in [-0.15, -0.1) is 0 Å². The normalized spacial score (nSPS) is 28.0. The molecule has 5 heteroatoms. The van der Waals surface area contributed by atoms with Crippen LogP contribution >= 0.6 is 0 Å². The fourth-order valence-corrected chi connectivity index (χ4v) is 6.69. The average molecular weight is 442 g/mol. The molecule has 2 aromatic carbocycles. The van der Waals surface area contributed by atoms with E-state index >= 15 is 0 Å². The number of para-hydroxylation sites is 2. The first-order chi connectivity index (χ1) is 16.7. The number of ketones is 1. The molecule has 166 valence electrons. The number of carboxylic acids is 1. The standard InChI is InChI=1S/C28H25NO4/c30-22(13-27(9-10-27)28-15-26(16-28,17-28)25(31)32)21-6-3-5-18-8-11-29(24(18)21)14-20-12-19-4-1-2-7-23(19)33-20/h1-8,11-12H,9-10,13-17H2,(H,31,32)/i14D2. The van der Waals surface area contributed by atoms with Crippen molar-refractivity contribution in [2.24, 2.45) is 16.2 Å². The Hall–Kier alpha value is -3.34. The van der Waals surface area contributed by atoms with Gasteiger partial charge in [-0.05, 0) is 67.2 Å². The maximum Gasteiger partial charge on any atom is 0.309 e. The van der Waals surface area contributed by atoms with Crippen molar-refractivity contribution < 1.29 is 21.9 Å². The van der Waals surface area contributed by atoms with Crippen LogP contribution in [0.15, 0.2) is 65.2 Å². The average Bonchev–Trinajstić information content (AvgIpc) is 3.21. The minimum atomic E-state index is -1.99. The summed E-state index contributed by atoms with van der Waals surface area (Å²) in [5, 5.41) is 11.1. The highest BCUT2D eigenvalue weighted by molar-refractivity contribution is 6.07. The van der Waals surface area contributed by atoms with Crippen LogP contribution in [0.4, 0.5) is 0 Å². The van der Waals surface area contributed by atoms with Crippen molar-refractivity contribution in [3.63, 3.8) is 0 Å². The molecule has 4 fully saturated rings. The fraction of sp³-hybridized carbons (Fsp3) is 0.357. The third kappa shape index (κ3) is 2.53. The lowest BCUT2D eigenvalue weighted by Gasteiger charge is -2.72. The van der Waals surface area contributed by atoms with Crippen molar-refractivity contribution in [2.75, 3.05) is 0 Å². The van der Waals surface area contributed by atoms with Gasteiger partial charge in [0.05, 0.1) is 20.2 Å². The highest BCUT2D eigenvalue weighted by Gasteiger charge is 2.80. The zero-order valence-corrected chi connectivity index (χ0v) is 18.1. The van der Waals surface area contributed by atoms with Crippen LogP contribution in [0.3, 0.4) is 0 Å². The van der Waals surface area contributed by atoms with Crippen molar-refractivity contribution in [1.82, 2.24) is 4.57 Å². The second-order valence-corrected chi connectivity index (χ2v) is 10.5. The van der Waals surface area contributed by atoms with E-state index in [-0.39, 0.29) is 22.4 Å². The third-order valence-corrected chi connectivity index (χ3v) is 8.63. The third-order valence-electron chi connectivity index (χ3n) is 8.63. The van der Waals surface area contributed by atoms with Crippen LogP contribution in [0.2, 0.25) is 0 Å². The molecule has 8 rings (SSSR count). The molecule has 4 aliphatic rings. The van der Waals surface area contributed by atoms with Crippen LogP contribution in [0.5, 0.6) is 0 Å². The number of hydrogen-bond donors (Lipinski definition) is 1. The number of Topliss-reactive ketones (excluding diaryl/α,β-unsaturated/α-hetero) is 1. The molecular formula is C28H25NO4. The molecule has 0 amide bonds. The highest BCUT2D eigenvalue weighted by Crippen LogP contribution is 2.85. The molecule has 33 heavy (non-hydrogen) atoms. The summed E-state index contributed by atoms with van der Waals surface area (Å²) in [5.74, 6) is -0.510. The van der Waals surface area contributed by atoms with Crippen molar-refractivity contribution in [3.8, 4) is 0 Å². The van der Waals surface area contributed by atoms with E-state index < -0.39 is 17.9 Å². The largest absolute Gasteiger partial charge is 0.481 e. The van der Waals surface area contributed by atoms with Gasteiger partial charge in [-0.25, -0.2) is 0 Å². The number of carbonyl (C=O) groups excluding carboxylic acids is 1. The first kappa shape index (κ1) is 17.2. The van der Waals surface area contributed by atoms with Gasteiger partial charge in [-0.2, -0.15) is 0 Å². The smallest absolute Gasteiger partial charge is 0.309 e. The Morgan fingerprint density at radius 3 is 2.52 bits per heavy atom. The second-order valence-electron chi connectivity index (χ2n) is 10.5. The van der Waals surface area contributed by atoms with Crippen molar-refractivity contribution in [2.45, 2.75) is 45.0 Å². The van der Waals surface area contributed by atoms with E-state index in [1.54, 1.807) is 18.3 Å². The van der Waals surface area contributed by atoms with Gasteiger partial charge in [0, 0.05) is 29.0 Å². The Kier molecular flexibility index (Phi) is 3.21. The molecule has 0 saturated heterocycles. The van der Waals surface area contributed by atoms with Gasteiger partial charge in [-0.3, -0.25) is 9.59 Å². The van der Waals surface area contributed by atoms with Gasteiger partial charge in [-0.1, -0.05) is 30.3 Å². The zero-order valence-electron chi connectivity index (χ0n) is 20.1. The summed E-state index contributed by atoms with van der Waals surface area (Å²) in [6.07, 6.45) is 6.07. The van der Waals surface area contributed by atoms with Gasteiger partial charge >= 0.3 is 5.97 Å². The summed E-state index contributed by atoms with van der Waals surface area (Å²) < 4.78 is 25.3. The second kappa shape index (κ2) is 6.16. The van der Waals surface area contributed by atoms with E-state index in [2.05, 4.69) is 0 Å². The van der Waals surface area contributed by atoms with Crippen molar-refractivity contribution in [3.05, 3.63) is 72.1 Å². The molecule has 4 aliphatic carbocycles. The summed E-state index contributed by atoms with van der Waals surface area (Å²) in [6.45, 7) is -1.99. The van der Waals surface area contributed by atoms with Crippen LogP contribution in [0, 0.1) is 16.2 Å². The summed E-state index contributed by atoms with van der Waals surface area (Å²) >= 11 is 0. The number of aliphatic carboxylic acids is 1. The predicted molar refractivity (Wildman–Crippen MR) is 124 cm³/mol. The molecule has 0 spiro atoms. The number of carbonyl (C=O) groups is 2. The summed E-state index contributed by atoms with van der Waals surface area (Å²) in [4.78, 5) is 25.3. The number of furan rings is 1. The van der Waals surface area contributed by atoms with E-state index in [9.17, 15) is 14.7 Å². The van der Waals surface area contributed by atoms with Gasteiger partial charge in [0.2, 0.25) is 0 Å². The minimum Gasteiger partial charge on any atom is -0.481 e. The number of fused-ring (bicyclic) bond motifs is 2. The lowest BCUT2D eigenvalue weighted by atomic mass is 9.30. The predicted octanol–water partition coefficient (Wildman–Crippen LogP) is 6.04. The first-order valence-corrected chi connectivity index (χ1v) is 11.6. The van der Waals surface area contributed by atoms with E-state index in [4.69, 9.17) is 7.16 Å². The summed E-state index contributed by atoms with van der Waals surface area (Å²) in [5.41, 5.74) is 1.05. The van der Waals surface area contributed by atoms with E-state index in [1.807, 2.05) is 42.5 Å². The molecule has 2 heterocycles. The van der Waals surface area contributed by atoms with Crippen LogP contribution < -0.4 is 0 Å². The number of hydrogen-bond acceptors (Lipinski definition) is 3. The number of aromatic nitrogens is 1. The van der Waals surface area contributed by atoms with Gasteiger partial charge in [0.25, 0.3) is 0 Å². The zero-order chi connectivity index (χ0) is 24.2.